The summed E-state index contributed by atoms with van der Waals surface area (Å²) >= 11 is 0. The summed E-state index contributed by atoms with van der Waals surface area (Å²) in [5.41, 5.74) is 0.547. The fraction of sp³-hybridized carbons (Fsp3) is 0.286. The fourth-order valence-electron chi connectivity index (χ4n) is 2.07. The topological polar surface area (TPSA) is 80.8 Å². The molecule has 6 heteroatoms. The van der Waals surface area contributed by atoms with Crippen LogP contribution in [0.1, 0.15) is 34.1 Å². The minimum Gasteiger partial charge on any atom is -0.469 e. The van der Waals surface area contributed by atoms with E-state index in [1.165, 1.54) is 26.2 Å². The van der Waals surface area contributed by atoms with Crippen molar-refractivity contribution in [3.63, 3.8) is 0 Å². The van der Waals surface area contributed by atoms with Gasteiger partial charge in [-0.1, -0.05) is 12.1 Å². The van der Waals surface area contributed by atoms with Crippen LogP contribution in [0.5, 0.6) is 0 Å². The van der Waals surface area contributed by atoms with Crippen molar-refractivity contribution in [2.75, 3.05) is 7.11 Å². The number of methoxy groups -OCH3 is 1. The van der Waals surface area contributed by atoms with Gasteiger partial charge in [0.1, 0.15) is 6.42 Å². The van der Waals surface area contributed by atoms with E-state index in [9.17, 15) is 19.2 Å². The van der Waals surface area contributed by atoms with Gasteiger partial charge in [0, 0.05) is 0 Å². The number of hydrogen-bond acceptors (Lipinski definition) is 5. The molecule has 0 saturated heterocycles. The molecule has 0 aliphatic carbocycles. The lowest BCUT2D eigenvalue weighted by Gasteiger charge is -2.20. The molecule has 0 spiro atoms. The zero-order valence-electron chi connectivity index (χ0n) is 11.1. The molecule has 1 heterocycles. The molecule has 0 aromatic heterocycles. The molecule has 0 unspecified atom stereocenters. The quantitative estimate of drug-likeness (QED) is 0.461. The van der Waals surface area contributed by atoms with Gasteiger partial charge < -0.3 is 4.74 Å². The largest absolute Gasteiger partial charge is 0.469 e. The normalized spacial score (nSPS) is 15.0. The van der Waals surface area contributed by atoms with Crippen LogP contribution in [0.3, 0.4) is 0 Å². The van der Waals surface area contributed by atoms with Crippen molar-refractivity contribution in [3.8, 4) is 0 Å². The number of rotatable bonds is 4. The highest BCUT2D eigenvalue weighted by atomic mass is 16.5. The molecular formula is C14H13NO5. The number of hydrogen-bond donors (Lipinski definition) is 0. The van der Waals surface area contributed by atoms with Crippen LogP contribution >= 0.6 is 0 Å². The second-order valence-electron chi connectivity index (χ2n) is 4.42. The molecule has 1 aromatic carbocycles. The molecule has 2 amide bonds. The Balaban J connectivity index is 2.23. The Labute approximate surface area is 115 Å². The summed E-state index contributed by atoms with van der Waals surface area (Å²) in [6.07, 6.45) is -0.467. The maximum atomic E-state index is 12.1. The number of amides is 2. The van der Waals surface area contributed by atoms with Crippen molar-refractivity contribution in [3.05, 3.63) is 35.4 Å². The Morgan fingerprint density at radius 3 is 2.10 bits per heavy atom. The van der Waals surface area contributed by atoms with E-state index in [1.807, 2.05) is 0 Å². The van der Waals surface area contributed by atoms with Gasteiger partial charge in [-0.3, -0.25) is 24.1 Å². The van der Waals surface area contributed by atoms with Crippen molar-refractivity contribution in [2.45, 2.75) is 19.4 Å². The zero-order valence-corrected chi connectivity index (χ0v) is 11.1. The van der Waals surface area contributed by atoms with Crippen LogP contribution in [0.25, 0.3) is 0 Å². The number of imide groups is 1. The third kappa shape index (κ3) is 2.20. The van der Waals surface area contributed by atoms with Crippen LogP contribution in [0.4, 0.5) is 0 Å². The van der Waals surface area contributed by atoms with Gasteiger partial charge in [0.2, 0.25) is 0 Å². The highest BCUT2D eigenvalue weighted by molar-refractivity contribution is 6.23. The first-order valence-corrected chi connectivity index (χ1v) is 6.03. The third-order valence-corrected chi connectivity index (χ3v) is 3.22. The van der Waals surface area contributed by atoms with E-state index in [0.717, 1.165) is 4.90 Å². The van der Waals surface area contributed by atoms with Gasteiger partial charge >= 0.3 is 5.97 Å². The minimum absolute atomic E-state index is 0.273. The lowest BCUT2D eigenvalue weighted by Crippen LogP contribution is -2.43. The Morgan fingerprint density at radius 1 is 1.15 bits per heavy atom. The van der Waals surface area contributed by atoms with Crippen LogP contribution in [-0.2, 0) is 14.3 Å². The Bertz CT molecular complexity index is 572. The molecule has 6 nitrogen and oxygen atoms in total. The van der Waals surface area contributed by atoms with Crippen LogP contribution in [0.2, 0.25) is 0 Å². The van der Waals surface area contributed by atoms with Gasteiger partial charge in [0.15, 0.2) is 5.78 Å². The Kier molecular flexibility index (Phi) is 3.65. The van der Waals surface area contributed by atoms with E-state index < -0.39 is 36.0 Å². The first kappa shape index (κ1) is 13.9. The third-order valence-electron chi connectivity index (χ3n) is 3.22. The van der Waals surface area contributed by atoms with Crippen LogP contribution in [0.15, 0.2) is 24.3 Å². The summed E-state index contributed by atoms with van der Waals surface area (Å²) in [4.78, 5) is 48.2. The van der Waals surface area contributed by atoms with E-state index in [1.54, 1.807) is 12.1 Å². The molecule has 0 N–H and O–H groups in total. The lowest BCUT2D eigenvalue weighted by molar-refractivity contribution is -0.144. The molecular weight excluding hydrogens is 262 g/mol. The number of ether oxygens (including phenoxy) is 1. The molecule has 0 bridgehead atoms. The van der Waals surface area contributed by atoms with Gasteiger partial charge in [-0.05, 0) is 19.1 Å². The maximum Gasteiger partial charge on any atom is 0.313 e. The molecule has 1 atom stereocenters. The first-order chi connectivity index (χ1) is 9.47. The average molecular weight is 275 g/mol. The van der Waals surface area contributed by atoms with Gasteiger partial charge in [0.25, 0.3) is 11.8 Å². The van der Waals surface area contributed by atoms with Crippen molar-refractivity contribution in [1.82, 2.24) is 4.90 Å². The number of fused-ring (bicyclic) bond motifs is 1. The molecule has 104 valence electrons. The number of benzene rings is 1. The number of nitrogens with zero attached hydrogens (tertiary/aromatic N) is 1. The van der Waals surface area contributed by atoms with Crippen molar-refractivity contribution < 1.29 is 23.9 Å². The van der Waals surface area contributed by atoms with E-state index in [-0.39, 0.29) is 11.1 Å². The van der Waals surface area contributed by atoms with Crippen molar-refractivity contribution in [2.24, 2.45) is 0 Å². The van der Waals surface area contributed by atoms with E-state index in [4.69, 9.17) is 0 Å². The predicted octanol–water partition coefficient (Wildman–Crippen LogP) is 0.803. The second kappa shape index (κ2) is 5.24. The molecule has 20 heavy (non-hydrogen) atoms. The first-order valence-electron chi connectivity index (χ1n) is 6.03. The highest BCUT2D eigenvalue weighted by Gasteiger charge is 2.40. The van der Waals surface area contributed by atoms with E-state index >= 15 is 0 Å². The van der Waals surface area contributed by atoms with Gasteiger partial charge in [-0.25, -0.2) is 0 Å². The molecule has 1 aliphatic rings. The Hall–Kier alpha value is -2.50. The highest BCUT2D eigenvalue weighted by Crippen LogP contribution is 2.24. The average Bonchev–Trinajstić information content (AvgIpc) is 2.70. The summed E-state index contributed by atoms with van der Waals surface area (Å²) in [6, 6.07) is 5.37. The monoisotopic (exact) mass is 275 g/mol. The molecule has 0 fully saturated rings. The summed E-state index contributed by atoms with van der Waals surface area (Å²) in [5, 5.41) is 0. The Morgan fingerprint density at radius 2 is 1.65 bits per heavy atom. The molecule has 1 aliphatic heterocycles. The number of esters is 1. The van der Waals surface area contributed by atoms with Crippen LogP contribution in [-0.4, -0.2) is 41.6 Å². The number of Topliss-reactive ketones (excluding diaryl/α,β-unsaturated/α-hetero) is 1. The smallest absolute Gasteiger partial charge is 0.313 e. The molecule has 0 saturated carbocycles. The number of carbonyl (C=O) groups excluding carboxylic acids is 4. The number of ketones is 1. The van der Waals surface area contributed by atoms with Gasteiger partial charge in [0.05, 0.1) is 24.3 Å². The lowest BCUT2D eigenvalue weighted by atomic mass is 10.1. The SMILES string of the molecule is COC(=O)CC(=O)[C@H](C)N1C(=O)c2ccccc2C1=O. The summed E-state index contributed by atoms with van der Waals surface area (Å²) in [5.74, 6) is -2.27. The van der Waals surface area contributed by atoms with Gasteiger partial charge in [-0.15, -0.1) is 0 Å². The van der Waals surface area contributed by atoms with Crippen molar-refractivity contribution >= 4 is 23.6 Å². The molecule has 2 rings (SSSR count). The fourth-order valence-corrected chi connectivity index (χ4v) is 2.07. The minimum atomic E-state index is -0.999. The maximum absolute atomic E-state index is 12.1. The summed E-state index contributed by atoms with van der Waals surface area (Å²) < 4.78 is 4.40. The second-order valence-corrected chi connectivity index (χ2v) is 4.42. The van der Waals surface area contributed by atoms with E-state index in [0.29, 0.717) is 0 Å². The summed E-state index contributed by atoms with van der Waals surface area (Å²) in [7, 11) is 1.17. The molecule has 0 radical (unpaired) electrons. The standard InChI is InChI=1S/C14H13NO5/c1-8(11(16)7-12(17)20-2)15-13(18)9-5-3-4-6-10(9)14(15)19/h3-6,8H,7H2,1-2H3/t8-/m0/s1. The van der Waals surface area contributed by atoms with E-state index in [2.05, 4.69) is 4.74 Å². The molecule has 1 aromatic rings. The number of carbonyl (C=O) groups is 4. The van der Waals surface area contributed by atoms with Crippen molar-refractivity contribution in [1.29, 1.82) is 0 Å². The summed E-state index contributed by atoms with van der Waals surface area (Å²) in [6.45, 7) is 1.42. The van der Waals surface area contributed by atoms with Crippen LogP contribution in [0, 0.1) is 0 Å². The zero-order chi connectivity index (χ0) is 14.9. The van der Waals surface area contributed by atoms with Gasteiger partial charge in [-0.2, -0.15) is 0 Å². The predicted molar refractivity (Wildman–Crippen MR) is 68.0 cm³/mol. The van der Waals surface area contributed by atoms with Crippen LogP contribution < -0.4 is 0 Å².